The summed E-state index contributed by atoms with van der Waals surface area (Å²) in [5.74, 6) is -0.400. The molecule has 1 saturated heterocycles. The van der Waals surface area contributed by atoms with Crippen molar-refractivity contribution in [1.29, 1.82) is 0 Å². The van der Waals surface area contributed by atoms with Gasteiger partial charge in [0.05, 0.1) is 24.9 Å². The number of hydrogen-bond donors (Lipinski definition) is 4. The molecule has 2 aliphatic carbocycles. The third kappa shape index (κ3) is 8.79. The third-order valence-electron chi connectivity index (χ3n) is 10.6. The van der Waals surface area contributed by atoms with Crippen LogP contribution in [0.5, 0.6) is 11.5 Å². The zero-order valence-electron chi connectivity index (χ0n) is 32.6. The van der Waals surface area contributed by atoms with E-state index in [0.29, 0.717) is 33.8 Å². The topological polar surface area (TPSA) is 181 Å². The van der Waals surface area contributed by atoms with E-state index in [1.165, 1.54) is 22.9 Å². The van der Waals surface area contributed by atoms with Gasteiger partial charge in [0.15, 0.2) is 5.13 Å². The Morgan fingerprint density at radius 1 is 1.13 bits per heavy atom. The van der Waals surface area contributed by atoms with Crippen molar-refractivity contribution in [3.8, 4) is 22.9 Å². The monoisotopic (exact) mass is 796 g/mol. The van der Waals surface area contributed by atoms with Crippen LogP contribution in [0.15, 0.2) is 42.3 Å². The second-order valence-corrected chi connectivity index (χ2v) is 19.7. The van der Waals surface area contributed by atoms with Gasteiger partial charge in [0.25, 0.3) is 0 Å². The predicted molar refractivity (Wildman–Crippen MR) is 213 cm³/mol. The van der Waals surface area contributed by atoms with Gasteiger partial charge in [-0.15, -0.1) is 17.9 Å². The number of pyridine rings is 1. The van der Waals surface area contributed by atoms with Crippen LogP contribution < -0.4 is 25.4 Å². The summed E-state index contributed by atoms with van der Waals surface area (Å²) >= 11 is 1.46. The van der Waals surface area contributed by atoms with Crippen molar-refractivity contribution >= 4 is 52.6 Å². The third-order valence-corrected chi connectivity index (χ3v) is 13.5. The van der Waals surface area contributed by atoms with Crippen LogP contribution in [0, 0.1) is 11.3 Å². The van der Waals surface area contributed by atoms with Crippen molar-refractivity contribution in [1.82, 2.24) is 25.5 Å². The second-order valence-electron chi connectivity index (χ2n) is 16.3. The van der Waals surface area contributed by atoms with Crippen LogP contribution in [0.1, 0.15) is 73.1 Å². The van der Waals surface area contributed by atoms with E-state index in [9.17, 15) is 23.8 Å². The number of nitrogens with one attached hydrogen (secondary N) is 3. The Hall–Kier alpha value is -4.20. The maximum atomic E-state index is 14.6. The number of methoxy groups -OCH3 is 1. The number of hydrogen-bond acceptors (Lipinski definition) is 11. The first-order valence-corrected chi connectivity index (χ1v) is 21.8. The molecule has 4 N–H and O–H groups in total. The van der Waals surface area contributed by atoms with Crippen molar-refractivity contribution in [2.24, 2.45) is 11.3 Å². The molecule has 0 spiro atoms. The number of ether oxygens (including phenoxy) is 3. The summed E-state index contributed by atoms with van der Waals surface area (Å²) in [5, 5.41) is 11.0. The van der Waals surface area contributed by atoms with E-state index in [0.717, 1.165) is 30.8 Å². The standard InChI is InChI=1S/C39H53N6O8PS/c1-9-23-19-39(23,54(8,49)50)44-34(46)31-17-26(20-45(31)35(47)33(38(4,5)6)43-37(48)53-24-12-10-11-13-24)52-32-18-29(30-21-55-36(42-30)40-22(2)3)41-28-16-25(51-7)14-15-27(28)32/h9,14-16,18,21-24,26,31,33H,1,10-13,17,19-20H2,2-8H3,(H,40,42)(H,43,48)(H,44,46)(H,49,50)/t23?,26-,31+,33-,39+/m1/s1. The van der Waals surface area contributed by atoms with Crippen LogP contribution in [-0.4, -0.2) is 93.6 Å². The minimum atomic E-state index is -3.83. The molecule has 3 heterocycles. The predicted octanol–water partition coefficient (Wildman–Crippen LogP) is 6.54. The summed E-state index contributed by atoms with van der Waals surface area (Å²) in [4.78, 5) is 63.8. The molecule has 2 saturated carbocycles. The molecule has 14 nitrogen and oxygen atoms in total. The number of amides is 3. The average Bonchev–Trinajstić information content (AvgIpc) is 3.50. The van der Waals surface area contributed by atoms with Crippen LogP contribution in [0.2, 0.25) is 0 Å². The average molecular weight is 797 g/mol. The molecular formula is C39H53N6O8PS. The molecule has 3 aliphatic rings. The number of alkyl carbamates (subject to hydrolysis) is 1. The molecule has 0 bridgehead atoms. The highest BCUT2D eigenvalue weighted by Gasteiger charge is 2.64. The SMILES string of the molecule is C=CC1C[C@]1(NC(=O)[C@@H]1C[C@@H](Oc2cc(-c3csc(NC(C)C)n3)nc3cc(OC)ccc23)CN1C(=O)[C@@H](NC(=O)OC1CCCC1)C(C)(C)C)P(C)(=O)O. The van der Waals surface area contributed by atoms with Gasteiger partial charge in [-0.3, -0.25) is 14.2 Å². The fourth-order valence-electron chi connectivity index (χ4n) is 7.49. The van der Waals surface area contributed by atoms with E-state index in [-0.39, 0.29) is 31.5 Å². The Labute approximate surface area is 326 Å². The highest BCUT2D eigenvalue weighted by molar-refractivity contribution is 7.59. The maximum absolute atomic E-state index is 14.6. The summed E-state index contributed by atoms with van der Waals surface area (Å²) in [6.07, 6.45) is 3.79. The zero-order chi connectivity index (χ0) is 39.9. The Balaban J connectivity index is 1.33. The summed E-state index contributed by atoms with van der Waals surface area (Å²) in [6, 6.07) is 5.30. The first kappa shape index (κ1) is 40.5. The molecule has 2 aromatic heterocycles. The maximum Gasteiger partial charge on any atom is 0.408 e. The van der Waals surface area contributed by atoms with Crippen molar-refractivity contribution in [2.45, 2.75) is 109 Å². The molecule has 6 atom stereocenters. The number of aromatic nitrogens is 2. The first-order valence-electron chi connectivity index (χ1n) is 18.8. The summed E-state index contributed by atoms with van der Waals surface area (Å²) in [5.41, 5.74) is 1.04. The molecule has 16 heteroatoms. The lowest BCUT2D eigenvalue weighted by Crippen LogP contribution is -2.58. The highest BCUT2D eigenvalue weighted by Crippen LogP contribution is 2.67. The Kier molecular flexibility index (Phi) is 11.6. The van der Waals surface area contributed by atoms with Gasteiger partial charge in [-0.2, -0.15) is 0 Å². The number of benzene rings is 1. The van der Waals surface area contributed by atoms with Crippen molar-refractivity contribution < 1.29 is 38.1 Å². The van der Waals surface area contributed by atoms with Crippen molar-refractivity contribution in [3.63, 3.8) is 0 Å². The van der Waals surface area contributed by atoms with E-state index >= 15 is 0 Å². The van der Waals surface area contributed by atoms with Gasteiger partial charge in [-0.1, -0.05) is 26.8 Å². The number of carbonyl (C=O) groups excluding carboxylic acids is 3. The molecule has 3 amide bonds. The molecule has 55 heavy (non-hydrogen) atoms. The fourth-order valence-corrected chi connectivity index (χ4v) is 9.92. The quantitative estimate of drug-likeness (QED) is 0.109. The molecule has 3 fully saturated rings. The van der Waals surface area contributed by atoms with E-state index in [1.807, 2.05) is 46.1 Å². The van der Waals surface area contributed by atoms with E-state index in [4.69, 9.17) is 24.2 Å². The van der Waals surface area contributed by atoms with Crippen molar-refractivity contribution in [2.75, 3.05) is 25.6 Å². The number of likely N-dealkylation sites (tertiary alicyclic amines) is 1. The van der Waals surface area contributed by atoms with E-state index < -0.39 is 60.1 Å². The largest absolute Gasteiger partial charge is 0.497 e. The smallest absolute Gasteiger partial charge is 0.408 e. The summed E-state index contributed by atoms with van der Waals surface area (Å²) in [6.45, 7) is 14.6. The fraction of sp³-hybridized carbons (Fsp3) is 0.564. The Morgan fingerprint density at radius 3 is 2.47 bits per heavy atom. The lowest BCUT2D eigenvalue weighted by atomic mass is 9.85. The van der Waals surface area contributed by atoms with Gasteiger partial charge in [-0.25, -0.2) is 14.8 Å². The molecule has 1 aliphatic heterocycles. The van der Waals surface area contributed by atoms with Crippen LogP contribution in [0.3, 0.4) is 0 Å². The van der Waals surface area contributed by atoms with Crippen LogP contribution >= 0.6 is 18.7 Å². The molecule has 0 radical (unpaired) electrons. The first-order chi connectivity index (χ1) is 25.9. The van der Waals surface area contributed by atoms with E-state index in [2.05, 4.69) is 22.5 Å². The van der Waals surface area contributed by atoms with Gasteiger partial charge in [0, 0.05) is 47.9 Å². The number of carbonyl (C=O) groups is 3. The summed E-state index contributed by atoms with van der Waals surface area (Å²) in [7, 11) is -2.25. The number of fused-ring (bicyclic) bond motifs is 1. The number of rotatable bonds is 13. The molecule has 3 aromatic rings. The number of thiazole rings is 1. The van der Waals surface area contributed by atoms with E-state index in [1.54, 1.807) is 31.4 Å². The molecule has 6 rings (SSSR count). The van der Waals surface area contributed by atoms with Gasteiger partial charge in [-0.05, 0) is 63.5 Å². The van der Waals surface area contributed by atoms with Gasteiger partial charge in [0.2, 0.25) is 19.2 Å². The lowest BCUT2D eigenvalue weighted by Gasteiger charge is -2.35. The van der Waals surface area contributed by atoms with Gasteiger partial charge < -0.3 is 40.0 Å². The Morgan fingerprint density at radius 2 is 1.85 bits per heavy atom. The second kappa shape index (κ2) is 15.7. The minimum Gasteiger partial charge on any atom is -0.497 e. The van der Waals surface area contributed by atoms with Gasteiger partial charge >= 0.3 is 6.09 Å². The minimum absolute atomic E-state index is 0.00187. The lowest BCUT2D eigenvalue weighted by molar-refractivity contribution is -0.142. The van der Waals surface area contributed by atoms with Crippen LogP contribution in [0.25, 0.3) is 22.3 Å². The van der Waals surface area contributed by atoms with Gasteiger partial charge in [0.1, 0.15) is 46.8 Å². The number of anilines is 1. The molecule has 298 valence electrons. The summed E-state index contributed by atoms with van der Waals surface area (Å²) < 4.78 is 31.0. The highest BCUT2D eigenvalue weighted by atomic mass is 32.1. The van der Waals surface area contributed by atoms with Crippen LogP contribution in [-0.2, 0) is 18.9 Å². The molecule has 1 aromatic carbocycles. The molecular weight excluding hydrogens is 744 g/mol. The van der Waals surface area contributed by atoms with Crippen LogP contribution in [0.4, 0.5) is 9.93 Å². The molecule has 2 unspecified atom stereocenters. The number of nitrogens with zero attached hydrogens (tertiary/aromatic N) is 3. The zero-order valence-corrected chi connectivity index (χ0v) is 34.3. The normalized spacial score (nSPS) is 24.2. The van der Waals surface area contributed by atoms with Crippen molar-refractivity contribution in [3.05, 3.63) is 42.3 Å². The Bertz CT molecular complexity index is 1990.